The largest absolute Gasteiger partial charge is 0.489 e. The second kappa shape index (κ2) is 11.9. The van der Waals surface area contributed by atoms with Crippen LogP contribution in [0.3, 0.4) is 0 Å². The number of nitro groups is 1. The quantitative estimate of drug-likeness (QED) is 0.141. The number of carboxylic acid groups (broad SMARTS) is 1. The van der Waals surface area contributed by atoms with Gasteiger partial charge in [0.15, 0.2) is 0 Å². The Morgan fingerprint density at radius 1 is 1.00 bits per heavy atom. The third-order valence-electron chi connectivity index (χ3n) is 7.91. The van der Waals surface area contributed by atoms with E-state index in [2.05, 4.69) is 0 Å². The van der Waals surface area contributed by atoms with Crippen molar-refractivity contribution in [3.05, 3.63) is 111 Å². The summed E-state index contributed by atoms with van der Waals surface area (Å²) in [7, 11) is 0. The maximum absolute atomic E-state index is 15.8. The van der Waals surface area contributed by atoms with Crippen LogP contribution in [0.2, 0.25) is 5.02 Å². The third-order valence-corrected chi connectivity index (χ3v) is 8.16. The van der Waals surface area contributed by atoms with Crippen molar-refractivity contribution < 1.29 is 24.0 Å². The van der Waals surface area contributed by atoms with Gasteiger partial charge in [0.25, 0.3) is 5.69 Å². The zero-order chi connectivity index (χ0) is 30.1. The highest BCUT2D eigenvalue weighted by Crippen LogP contribution is 2.38. The Hall–Kier alpha value is -4.76. The molecule has 1 aliphatic carbocycles. The lowest BCUT2D eigenvalue weighted by Gasteiger charge is -2.25. The number of nitro benzene ring substituents is 1. The number of hydrogen-bond donors (Lipinski definition) is 1. The third kappa shape index (κ3) is 5.81. The minimum Gasteiger partial charge on any atom is -0.489 e. The summed E-state index contributed by atoms with van der Waals surface area (Å²) in [4.78, 5) is 27.3. The highest BCUT2D eigenvalue weighted by Gasteiger charge is 2.25. The van der Waals surface area contributed by atoms with Crippen molar-refractivity contribution in [1.29, 1.82) is 0 Å². The van der Waals surface area contributed by atoms with E-state index in [4.69, 9.17) is 21.3 Å². The molecule has 0 spiro atoms. The maximum Gasteiger partial charge on any atom is 0.335 e. The number of benzene rings is 4. The molecule has 8 nitrogen and oxygen atoms in total. The summed E-state index contributed by atoms with van der Waals surface area (Å²) in [5, 5.41) is 21.5. The Balaban J connectivity index is 1.33. The van der Waals surface area contributed by atoms with E-state index in [1.807, 2.05) is 16.7 Å². The van der Waals surface area contributed by atoms with Crippen LogP contribution in [0.4, 0.5) is 10.1 Å². The molecule has 1 aliphatic rings. The number of halogens is 2. The number of non-ortho nitro benzene ring substituents is 1. The molecule has 5 aromatic rings. The normalized spacial score (nSPS) is 13.7. The molecular formula is C33H27ClFN3O5. The van der Waals surface area contributed by atoms with E-state index in [0.29, 0.717) is 21.9 Å². The number of hydrogen-bond acceptors (Lipinski definition) is 5. The molecule has 0 amide bonds. The Kier molecular flexibility index (Phi) is 7.82. The van der Waals surface area contributed by atoms with Gasteiger partial charge in [0.05, 0.1) is 27.1 Å². The number of nitrogens with zero attached hydrogens (tertiary/aromatic N) is 3. The number of aromatic nitrogens is 2. The molecule has 1 N–H and O–H groups in total. The standard InChI is InChI=1S/C33H27ClFN3O5/c34-23-9-6-20(7-10-23)27-13-11-25(38(41)42)16-22(27)19-43-26-12-14-28(29(35)18-26)32-36-30-17-21(33(39)40)8-15-31(30)37(32)24-4-2-1-3-5-24/h6-18,24H,1-5,19H2,(H,39,40). The van der Waals surface area contributed by atoms with Crippen LogP contribution in [0.25, 0.3) is 33.5 Å². The van der Waals surface area contributed by atoms with Crippen molar-refractivity contribution in [3.8, 4) is 28.3 Å². The van der Waals surface area contributed by atoms with Crippen molar-refractivity contribution >= 4 is 34.3 Å². The Morgan fingerprint density at radius 2 is 1.74 bits per heavy atom. The van der Waals surface area contributed by atoms with Gasteiger partial charge in [0.1, 0.15) is 24.0 Å². The van der Waals surface area contributed by atoms with Gasteiger partial charge < -0.3 is 14.4 Å². The van der Waals surface area contributed by atoms with Crippen LogP contribution < -0.4 is 4.74 Å². The number of fused-ring (bicyclic) bond motifs is 1. The zero-order valence-electron chi connectivity index (χ0n) is 23.0. The Bertz CT molecular complexity index is 1850. The molecule has 0 saturated heterocycles. The van der Waals surface area contributed by atoms with Gasteiger partial charge in [0.2, 0.25) is 0 Å². The molecule has 0 atom stereocenters. The molecule has 1 aromatic heterocycles. The molecule has 0 bridgehead atoms. The summed E-state index contributed by atoms with van der Waals surface area (Å²) in [6, 6.07) is 21.1. The highest BCUT2D eigenvalue weighted by molar-refractivity contribution is 6.30. The van der Waals surface area contributed by atoms with Crippen LogP contribution in [0.15, 0.2) is 78.9 Å². The molecular weight excluding hydrogens is 573 g/mol. The van der Waals surface area contributed by atoms with Crippen molar-refractivity contribution in [2.24, 2.45) is 0 Å². The number of carboxylic acids is 1. The van der Waals surface area contributed by atoms with Gasteiger partial charge in [-0.2, -0.15) is 0 Å². The van der Waals surface area contributed by atoms with Crippen molar-refractivity contribution in [2.45, 2.75) is 44.8 Å². The van der Waals surface area contributed by atoms with Crippen molar-refractivity contribution in [2.75, 3.05) is 0 Å². The molecule has 0 unspecified atom stereocenters. The molecule has 1 saturated carbocycles. The smallest absolute Gasteiger partial charge is 0.335 e. The summed E-state index contributed by atoms with van der Waals surface area (Å²) in [6.45, 7) is -0.0308. The molecule has 4 aromatic carbocycles. The average molecular weight is 600 g/mol. The van der Waals surface area contributed by atoms with Crippen LogP contribution in [0.5, 0.6) is 5.75 Å². The van der Waals surface area contributed by atoms with E-state index in [-0.39, 0.29) is 35.2 Å². The predicted octanol–water partition coefficient (Wildman–Crippen LogP) is 8.85. The predicted molar refractivity (Wildman–Crippen MR) is 162 cm³/mol. The van der Waals surface area contributed by atoms with Gasteiger partial charge in [-0.15, -0.1) is 0 Å². The summed E-state index contributed by atoms with van der Waals surface area (Å²) in [6.07, 6.45) is 5.12. The first-order valence-corrected chi connectivity index (χ1v) is 14.4. The minimum atomic E-state index is -1.05. The molecule has 43 heavy (non-hydrogen) atoms. The van der Waals surface area contributed by atoms with Crippen molar-refractivity contribution in [3.63, 3.8) is 0 Å². The van der Waals surface area contributed by atoms with E-state index in [9.17, 15) is 20.0 Å². The van der Waals surface area contributed by atoms with Gasteiger partial charge in [-0.05, 0) is 72.5 Å². The lowest BCUT2D eigenvalue weighted by Crippen LogP contribution is -2.14. The lowest BCUT2D eigenvalue weighted by atomic mass is 9.94. The molecule has 6 rings (SSSR count). The molecule has 1 heterocycles. The van der Waals surface area contributed by atoms with Crippen LogP contribution in [0.1, 0.15) is 54.1 Å². The highest BCUT2D eigenvalue weighted by atomic mass is 35.5. The summed E-state index contributed by atoms with van der Waals surface area (Å²) >= 11 is 6.04. The summed E-state index contributed by atoms with van der Waals surface area (Å²) in [5.74, 6) is -0.896. The second-order valence-corrected chi connectivity index (χ2v) is 11.1. The second-order valence-electron chi connectivity index (χ2n) is 10.6. The first-order chi connectivity index (χ1) is 20.8. The van der Waals surface area contributed by atoms with Gasteiger partial charge in [0, 0.05) is 34.8 Å². The molecule has 10 heteroatoms. The van der Waals surface area contributed by atoms with Crippen LogP contribution >= 0.6 is 11.6 Å². The monoisotopic (exact) mass is 599 g/mol. The fourth-order valence-electron chi connectivity index (χ4n) is 5.78. The summed E-state index contributed by atoms with van der Waals surface area (Å²) in [5.41, 5.74) is 3.71. The fourth-order valence-corrected chi connectivity index (χ4v) is 5.91. The number of carbonyl (C=O) groups is 1. The first kappa shape index (κ1) is 28.4. The van der Waals surface area contributed by atoms with Crippen LogP contribution in [-0.4, -0.2) is 25.6 Å². The maximum atomic E-state index is 15.8. The van der Waals surface area contributed by atoms with Crippen LogP contribution in [0, 0.1) is 15.9 Å². The SMILES string of the molecule is O=C(O)c1ccc2c(c1)nc(-c1ccc(OCc3cc([N+](=O)[O-])ccc3-c3ccc(Cl)cc3)cc1F)n2C1CCCCC1. The number of imidazole rings is 1. The van der Waals surface area contributed by atoms with Gasteiger partial charge >= 0.3 is 5.97 Å². The fraction of sp³-hybridized carbons (Fsp3) is 0.212. The number of aromatic carboxylic acids is 1. The lowest BCUT2D eigenvalue weighted by molar-refractivity contribution is -0.384. The van der Waals surface area contributed by atoms with E-state index in [0.717, 1.165) is 48.7 Å². The molecule has 218 valence electrons. The minimum absolute atomic E-state index is 0.0308. The van der Waals surface area contributed by atoms with E-state index < -0.39 is 16.7 Å². The van der Waals surface area contributed by atoms with E-state index in [1.165, 1.54) is 24.3 Å². The van der Waals surface area contributed by atoms with E-state index in [1.54, 1.807) is 42.5 Å². The molecule has 1 fully saturated rings. The number of rotatable bonds is 8. The number of ether oxygens (including phenoxy) is 1. The molecule has 0 radical (unpaired) electrons. The Morgan fingerprint density at radius 3 is 2.44 bits per heavy atom. The van der Waals surface area contributed by atoms with E-state index >= 15 is 4.39 Å². The zero-order valence-corrected chi connectivity index (χ0v) is 23.8. The van der Waals surface area contributed by atoms with Crippen LogP contribution in [-0.2, 0) is 6.61 Å². The topological polar surface area (TPSA) is 107 Å². The average Bonchev–Trinajstić information content (AvgIpc) is 3.39. The summed E-state index contributed by atoms with van der Waals surface area (Å²) < 4.78 is 23.8. The molecule has 0 aliphatic heterocycles. The van der Waals surface area contributed by atoms with Crippen molar-refractivity contribution in [1.82, 2.24) is 9.55 Å². The Labute approximate surface area is 251 Å². The van der Waals surface area contributed by atoms with Gasteiger partial charge in [-0.3, -0.25) is 10.1 Å². The van der Waals surface area contributed by atoms with Gasteiger partial charge in [-0.1, -0.05) is 43.0 Å². The van der Waals surface area contributed by atoms with Gasteiger partial charge in [-0.25, -0.2) is 14.2 Å². The first-order valence-electron chi connectivity index (χ1n) is 14.0.